The molecule has 2 aliphatic carbocycles. The highest BCUT2D eigenvalue weighted by molar-refractivity contribution is 6.05. The van der Waals surface area contributed by atoms with Gasteiger partial charge in [-0.25, -0.2) is 13.6 Å². The van der Waals surface area contributed by atoms with Crippen LogP contribution < -0.4 is 9.80 Å². The van der Waals surface area contributed by atoms with Gasteiger partial charge in [0.2, 0.25) is 0 Å². The van der Waals surface area contributed by atoms with Gasteiger partial charge < -0.3 is 19.3 Å². The van der Waals surface area contributed by atoms with Crippen LogP contribution in [0.25, 0.3) is 22.4 Å². The topological polar surface area (TPSA) is 106 Å². The number of hydrogen-bond acceptors (Lipinski definition) is 9. The SMILES string of the molecule is CCOC(=O)C(C(=O)C(C)C)C(c1ccc(F)cc1)C1CCCc2cc(N(Cc3ccccc3)Cc3ccccc3)ccc2C1=O.CCOC(=O)c1c(C(C)C)nc2c(c1-c1ccc(F)cc1)CCCc1cc(N(Cc3ccccc3)Cc3ccccc3)ccc1-2. The Hall–Kier alpha value is -9.35. The summed E-state index contributed by atoms with van der Waals surface area (Å²) in [5, 5.41) is 0. The third kappa shape index (κ3) is 15.6. The summed E-state index contributed by atoms with van der Waals surface area (Å²) in [6, 6.07) is 66.8. The largest absolute Gasteiger partial charge is 0.465 e. The lowest BCUT2D eigenvalue weighted by molar-refractivity contribution is -0.154. The quantitative estimate of drug-likeness (QED) is 0.0395. The standard InChI is InChI=1S/C40H39FN2O2.C40H42FNO4/c1-4-45-40(44)37-36(30-18-20-32(41)21-19-30)35-17-11-16-31-24-33(22-23-34(31)39(35)42-38(37)27(2)3)43(25-28-12-7-5-8-13-28)26-29-14-9-6-10-15-29;1-4-46-40(45)37(38(43)27(2)3)36(30-18-20-32(41)21-19-30)35-17-11-16-31-24-33(22-23-34(31)39(35)44)42(25-28-12-7-5-8-13-28)26-29-14-9-6-10-15-29/h5-10,12-15,18-24,27H,4,11,16-17,25-26H2,1-3H3;5-10,12-15,18-24,27,35-37H,4,11,16-17,25-26H2,1-3H3. The van der Waals surface area contributed by atoms with Crippen molar-refractivity contribution in [1.82, 2.24) is 4.98 Å². The van der Waals surface area contributed by atoms with Crippen molar-refractivity contribution in [2.24, 2.45) is 17.8 Å². The van der Waals surface area contributed by atoms with Crippen LogP contribution in [0.2, 0.25) is 0 Å². The Balaban J connectivity index is 0.000000200. The first-order valence-corrected chi connectivity index (χ1v) is 32.1. The number of rotatable bonds is 21. The second-order valence-corrected chi connectivity index (χ2v) is 24.4. The van der Waals surface area contributed by atoms with Crippen molar-refractivity contribution in [2.45, 2.75) is 118 Å². The first kappa shape index (κ1) is 64.6. The van der Waals surface area contributed by atoms with E-state index in [9.17, 15) is 28.0 Å². The van der Waals surface area contributed by atoms with Crippen molar-refractivity contribution in [3.05, 3.63) is 279 Å². The molecule has 11 rings (SSSR count). The Morgan fingerprint density at radius 1 is 0.549 bits per heavy atom. The van der Waals surface area contributed by atoms with Crippen LogP contribution in [-0.4, -0.2) is 41.7 Å². The molecule has 0 amide bonds. The Morgan fingerprint density at radius 2 is 1.01 bits per heavy atom. The summed E-state index contributed by atoms with van der Waals surface area (Å²) in [5.41, 5.74) is 16.3. The normalized spacial score (nSPS) is 14.1. The number of aromatic nitrogens is 1. The van der Waals surface area contributed by atoms with E-state index in [0.717, 1.165) is 77.2 Å². The molecule has 0 N–H and O–H groups in total. The Labute approximate surface area is 535 Å². The summed E-state index contributed by atoms with van der Waals surface area (Å²) < 4.78 is 39.1. The number of ether oxygens (including phenoxy) is 2. The van der Waals surface area contributed by atoms with E-state index >= 15 is 0 Å². The number of aryl methyl sites for hydroxylation is 2. The maximum atomic E-state index is 14.5. The molecular formula is C80H81F2N3O6. The zero-order chi connectivity index (χ0) is 64.0. The number of carbonyl (C=O) groups is 4. The molecule has 0 spiro atoms. The minimum Gasteiger partial charge on any atom is -0.465 e. The lowest BCUT2D eigenvalue weighted by Crippen LogP contribution is -2.39. The number of hydrogen-bond donors (Lipinski definition) is 0. The van der Waals surface area contributed by atoms with E-state index in [-0.39, 0.29) is 42.5 Å². The van der Waals surface area contributed by atoms with Crippen molar-refractivity contribution < 1.29 is 37.4 Å². The van der Waals surface area contributed by atoms with Gasteiger partial charge in [-0.15, -0.1) is 0 Å². The fraction of sp³-hybridized carbons (Fsp3) is 0.287. The molecule has 466 valence electrons. The zero-order valence-corrected chi connectivity index (χ0v) is 53.0. The molecule has 2 aliphatic rings. The summed E-state index contributed by atoms with van der Waals surface area (Å²) in [5.74, 6) is -5.21. The fourth-order valence-corrected chi connectivity index (χ4v) is 13.0. The highest BCUT2D eigenvalue weighted by Crippen LogP contribution is 2.45. The Kier molecular flexibility index (Phi) is 21.6. The molecule has 0 saturated carbocycles. The number of fused-ring (bicyclic) bond motifs is 4. The van der Waals surface area contributed by atoms with E-state index in [1.54, 1.807) is 45.0 Å². The summed E-state index contributed by atoms with van der Waals surface area (Å²) >= 11 is 0. The first-order chi connectivity index (χ1) is 44.2. The molecule has 9 aromatic rings. The minimum atomic E-state index is -1.17. The molecule has 9 nitrogen and oxygen atoms in total. The van der Waals surface area contributed by atoms with Crippen LogP contribution in [0.15, 0.2) is 206 Å². The van der Waals surface area contributed by atoms with Crippen molar-refractivity contribution in [3.8, 4) is 22.4 Å². The molecule has 0 fully saturated rings. The molecule has 3 atom stereocenters. The lowest BCUT2D eigenvalue weighted by Gasteiger charge is -2.32. The van der Waals surface area contributed by atoms with E-state index in [2.05, 4.69) is 133 Å². The van der Waals surface area contributed by atoms with Gasteiger partial charge in [-0.1, -0.05) is 179 Å². The van der Waals surface area contributed by atoms with Crippen LogP contribution >= 0.6 is 0 Å². The molecular weight excluding hydrogens is 1140 g/mol. The number of esters is 2. The minimum absolute atomic E-state index is 0.0212. The predicted molar refractivity (Wildman–Crippen MR) is 359 cm³/mol. The van der Waals surface area contributed by atoms with Crippen molar-refractivity contribution in [2.75, 3.05) is 23.0 Å². The number of anilines is 2. The number of halogens is 2. The molecule has 1 heterocycles. The third-order valence-corrected chi connectivity index (χ3v) is 17.4. The van der Waals surface area contributed by atoms with E-state index < -0.39 is 35.5 Å². The maximum absolute atomic E-state index is 14.5. The van der Waals surface area contributed by atoms with Gasteiger partial charge in [0.15, 0.2) is 5.78 Å². The van der Waals surface area contributed by atoms with Crippen LogP contribution in [0.1, 0.15) is 144 Å². The van der Waals surface area contributed by atoms with Crippen LogP contribution in [0.5, 0.6) is 0 Å². The summed E-state index contributed by atoms with van der Waals surface area (Å²) in [6.45, 7) is 14.5. The van der Waals surface area contributed by atoms with Crippen LogP contribution in [0, 0.1) is 29.4 Å². The van der Waals surface area contributed by atoms with Gasteiger partial charge in [0.1, 0.15) is 23.3 Å². The monoisotopic (exact) mass is 1220 g/mol. The van der Waals surface area contributed by atoms with E-state index in [0.29, 0.717) is 54.7 Å². The molecule has 0 aliphatic heterocycles. The number of pyridine rings is 1. The molecule has 11 heteroatoms. The van der Waals surface area contributed by atoms with Crippen LogP contribution in [0.3, 0.4) is 0 Å². The van der Waals surface area contributed by atoms with Crippen molar-refractivity contribution in [3.63, 3.8) is 0 Å². The first-order valence-electron chi connectivity index (χ1n) is 32.1. The van der Waals surface area contributed by atoms with Gasteiger partial charge in [-0.2, -0.15) is 0 Å². The number of ketones is 2. The van der Waals surface area contributed by atoms with Gasteiger partial charge in [-0.3, -0.25) is 19.4 Å². The van der Waals surface area contributed by atoms with Gasteiger partial charge in [0.25, 0.3) is 0 Å². The number of Topliss-reactive ketones (excluding diaryl/α,β-unsaturated/α-hetero) is 2. The molecule has 8 aromatic carbocycles. The molecule has 0 saturated heterocycles. The average Bonchev–Trinajstić information content (AvgIpc) is 1.75. The molecule has 0 bridgehead atoms. The van der Waals surface area contributed by atoms with Gasteiger partial charge >= 0.3 is 11.9 Å². The third-order valence-electron chi connectivity index (χ3n) is 17.4. The van der Waals surface area contributed by atoms with E-state index in [1.165, 1.54) is 52.1 Å². The summed E-state index contributed by atoms with van der Waals surface area (Å²) in [6.07, 6.45) is 4.42. The summed E-state index contributed by atoms with van der Waals surface area (Å²) in [7, 11) is 0. The van der Waals surface area contributed by atoms with E-state index in [1.807, 2.05) is 55.5 Å². The van der Waals surface area contributed by atoms with Crippen LogP contribution in [-0.2, 0) is 64.5 Å². The van der Waals surface area contributed by atoms with Gasteiger partial charge in [0.05, 0.1) is 30.2 Å². The average molecular weight is 1220 g/mol. The maximum Gasteiger partial charge on any atom is 0.340 e. The zero-order valence-electron chi connectivity index (χ0n) is 53.0. The number of nitrogens with zero attached hydrogens (tertiary/aromatic N) is 3. The van der Waals surface area contributed by atoms with Gasteiger partial charge in [-0.05, 0) is 163 Å². The van der Waals surface area contributed by atoms with E-state index in [4.69, 9.17) is 14.5 Å². The molecule has 1 aromatic heterocycles. The highest BCUT2D eigenvalue weighted by atomic mass is 19.1. The lowest BCUT2D eigenvalue weighted by atomic mass is 9.70. The highest BCUT2D eigenvalue weighted by Gasteiger charge is 2.45. The second kappa shape index (κ2) is 30.4. The summed E-state index contributed by atoms with van der Waals surface area (Å²) in [4.78, 5) is 65.1. The Bertz CT molecular complexity index is 3850. The molecule has 91 heavy (non-hydrogen) atoms. The Morgan fingerprint density at radius 3 is 1.48 bits per heavy atom. The number of carbonyl (C=O) groups excluding carboxylic acids is 4. The molecule has 0 radical (unpaired) electrons. The smallest absolute Gasteiger partial charge is 0.340 e. The van der Waals surface area contributed by atoms with Crippen molar-refractivity contribution in [1.29, 1.82) is 0 Å². The molecule has 3 unspecified atom stereocenters. The fourth-order valence-electron chi connectivity index (χ4n) is 13.0. The van der Waals surface area contributed by atoms with Gasteiger partial charge in [0, 0.05) is 72.0 Å². The van der Waals surface area contributed by atoms with Crippen LogP contribution in [0.4, 0.5) is 20.2 Å². The predicted octanol–water partition coefficient (Wildman–Crippen LogP) is 17.9. The second-order valence-electron chi connectivity index (χ2n) is 24.4. The number of benzene rings is 8. The van der Waals surface area contributed by atoms with Crippen molar-refractivity contribution >= 4 is 34.9 Å².